The van der Waals surface area contributed by atoms with Crippen molar-refractivity contribution in [3.05, 3.63) is 29.8 Å². The van der Waals surface area contributed by atoms with Gasteiger partial charge in [0.05, 0.1) is 12.2 Å². The van der Waals surface area contributed by atoms with Crippen LogP contribution in [-0.2, 0) is 11.3 Å². The summed E-state index contributed by atoms with van der Waals surface area (Å²) >= 11 is 0. The first-order valence-electron chi connectivity index (χ1n) is 7.09. The van der Waals surface area contributed by atoms with Crippen molar-refractivity contribution in [3.8, 4) is 5.75 Å². The third kappa shape index (κ3) is 5.90. The third-order valence-corrected chi connectivity index (χ3v) is 3.49. The van der Waals surface area contributed by atoms with Gasteiger partial charge in [0.25, 0.3) is 0 Å². The standard InChI is InChI=1S/C16H27NO3/c1-13(2)16(3,18)12-20-15-7-5-6-14(10-15)11-17-8-9-19-4/h5-7,10,13,17-18H,8-9,11-12H2,1-4H3. The highest BCUT2D eigenvalue weighted by Crippen LogP contribution is 2.19. The van der Waals surface area contributed by atoms with Crippen LogP contribution in [0.3, 0.4) is 0 Å². The lowest BCUT2D eigenvalue weighted by molar-refractivity contribution is -0.0266. The Balaban J connectivity index is 2.47. The Kier molecular flexibility index (Phi) is 6.99. The summed E-state index contributed by atoms with van der Waals surface area (Å²) in [5.41, 5.74) is 0.343. The van der Waals surface area contributed by atoms with Crippen LogP contribution in [0.5, 0.6) is 5.75 Å². The number of nitrogens with one attached hydrogen (secondary N) is 1. The number of methoxy groups -OCH3 is 1. The second-order valence-electron chi connectivity index (χ2n) is 5.62. The molecule has 0 saturated heterocycles. The maximum absolute atomic E-state index is 10.2. The molecule has 0 radical (unpaired) electrons. The molecular formula is C16H27NO3. The Morgan fingerprint density at radius 1 is 1.35 bits per heavy atom. The quantitative estimate of drug-likeness (QED) is 0.681. The van der Waals surface area contributed by atoms with E-state index in [2.05, 4.69) is 5.32 Å². The Hall–Kier alpha value is -1.10. The molecule has 0 aliphatic heterocycles. The van der Waals surface area contributed by atoms with Crippen LogP contribution in [-0.4, -0.2) is 37.6 Å². The molecule has 4 nitrogen and oxygen atoms in total. The predicted octanol–water partition coefficient (Wildman–Crippen LogP) is 2.21. The SMILES string of the molecule is COCCNCc1cccc(OCC(C)(O)C(C)C)c1. The largest absolute Gasteiger partial charge is 0.491 e. The fraction of sp³-hybridized carbons (Fsp3) is 0.625. The van der Waals surface area contributed by atoms with Gasteiger partial charge < -0.3 is 19.9 Å². The zero-order valence-electron chi connectivity index (χ0n) is 13.0. The summed E-state index contributed by atoms with van der Waals surface area (Å²) in [6.07, 6.45) is 0. The van der Waals surface area contributed by atoms with Crippen LogP contribution in [0.2, 0.25) is 0 Å². The van der Waals surface area contributed by atoms with Crippen molar-refractivity contribution >= 4 is 0 Å². The lowest BCUT2D eigenvalue weighted by atomic mass is 9.94. The van der Waals surface area contributed by atoms with E-state index in [0.717, 1.165) is 24.4 Å². The molecule has 4 heteroatoms. The van der Waals surface area contributed by atoms with Gasteiger partial charge in [-0.15, -0.1) is 0 Å². The van der Waals surface area contributed by atoms with E-state index in [1.807, 2.05) is 38.1 Å². The molecule has 1 aromatic carbocycles. The summed E-state index contributed by atoms with van der Waals surface area (Å²) in [5, 5.41) is 13.5. The van der Waals surface area contributed by atoms with Crippen molar-refractivity contribution in [2.45, 2.75) is 32.9 Å². The summed E-state index contributed by atoms with van der Waals surface area (Å²) in [5.74, 6) is 0.943. The Bertz CT molecular complexity index is 391. The van der Waals surface area contributed by atoms with E-state index in [4.69, 9.17) is 9.47 Å². The number of aliphatic hydroxyl groups is 1. The van der Waals surface area contributed by atoms with Crippen LogP contribution < -0.4 is 10.1 Å². The first-order valence-corrected chi connectivity index (χ1v) is 7.09. The van der Waals surface area contributed by atoms with Gasteiger partial charge in [0.15, 0.2) is 0 Å². The zero-order chi connectivity index (χ0) is 15.0. The van der Waals surface area contributed by atoms with Crippen molar-refractivity contribution in [2.75, 3.05) is 26.9 Å². The molecule has 0 bridgehead atoms. The average Bonchev–Trinajstić information content (AvgIpc) is 2.42. The smallest absolute Gasteiger partial charge is 0.119 e. The van der Waals surface area contributed by atoms with E-state index in [1.165, 1.54) is 0 Å². The second kappa shape index (κ2) is 8.25. The molecule has 1 unspecified atom stereocenters. The molecule has 114 valence electrons. The summed E-state index contributed by atoms with van der Waals surface area (Å²) in [4.78, 5) is 0. The Morgan fingerprint density at radius 2 is 2.10 bits per heavy atom. The third-order valence-electron chi connectivity index (χ3n) is 3.49. The van der Waals surface area contributed by atoms with Gasteiger partial charge in [-0.1, -0.05) is 26.0 Å². The molecule has 1 atom stereocenters. The summed E-state index contributed by atoms with van der Waals surface area (Å²) in [7, 11) is 1.69. The van der Waals surface area contributed by atoms with Crippen molar-refractivity contribution in [2.24, 2.45) is 5.92 Å². The lowest BCUT2D eigenvalue weighted by Gasteiger charge is -2.27. The van der Waals surface area contributed by atoms with Crippen molar-refractivity contribution in [1.82, 2.24) is 5.32 Å². The van der Waals surface area contributed by atoms with Gasteiger partial charge in [-0.2, -0.15) is 0 Å². The number of ether oxygens (including phenoxy) is 2. The van der Waals surface area contributed by atoms with Crippen LogP contribution in [0.1, 0.15) is 26.3 Å². The molecule has 20 heavy (non-hydrogen) atoms. The summed E-state index contributed by atoms with van der Waals surface area (Å²) < 4.78 is 10.7. The first-order chi connectivity index (χ1) is 9.45. The molecule has 0 aliphatic rings. The minimum atomic E-state index is -0.813. The van der Waals surface area contributed by atoms with E-state index in [1.54, 1.807) is 14.0 Å². The first kappa shape index (κ1) is 17.0. The van der Waals surface area contributed by atoms with Crippen molar-refractivity contribution in [1.29, 1.82) is 0 Å². The van der Waals surface area contributed by atoms with Crippen LogP contribution in [0, 0.1) is 5.92 Å². The molecular weight excluding hydrogens is 254 g/mol. The maximum Gasteiger partial charge on any atom is 0.119 e. The summed E-state index contributed by atoms with van der Waals surface area (Å²) in [6.45, 7) is 8.37. The van der Waals surface area contributed by atoms with E-state index in [-0.39, 0.29) is 5.92 Å². The van der Waals surface area contributed by atoms with Crippen LogP contribution >= 0.6 is 0 Å². The highest BCUT2D eigenvalue weighted by Gasteiger charge is 2.25. The number of rotatable bonds is 9. The molecule has 0 amide bonds. The molecule has 0 aliphatic carbocycles. The molecule has 0 aromatic heterocycles. The molecule has 1 rings (SSSR count). The lowest BCUT2D eigenvalue weighted by Crippen LogP contribution is -2.37. The van der Waals surface area contributed by atoms with E-state index in [0.29, 0.717) is 13.2 Å². The predicted molar refractivity (Wildman–Crippen MR) is 81.0 cm³/mol. The Labute approximate surface area is 122 Å². The van der Waals surface area contributed by atoms with Gasteiger partial charge >= 0.3 is 0 Å². The molecule has 2 N–H and O–H groups in total. The fourth-order valence-corrected chi connectivity index (χ4v) is 1.55. The zero-order valence-corrected chi connectivity index (χ0v) is 13.0. The number of benzene rings is 1. The number of hydrogen-bond donors (Lipinski definition) is 2. The van der Waals surface area contributed by atoms with Gasteiger partial charge in [0, 0.05) is 20.2 Å². The average molecular weight is 281 g/mol. The second-order valence-corrected chi connectivity index (χ2v) is 5.62. The minimum absolute atomic E-state index is 0.154. The van der Waals surface area contributed by atoms with Gasteiger partial charge in [0.1, 0.15) is 12.4 Å². The van der Waals surface area contributed by atoms with Crippen LogP contribution in [0.4, 0.5) is 0 Å². The van der Waals surface area contributed by atoms with Crippen molar-refractivity contribution in [3.63, 3.8) is 0 Å². The monoisotopic (exact) mass is 281 g/mol. The van der Waals surface area contributed by atoms with Gasteiger partial charge in [-0.3, -0.25) is 0 Å². The normalized spacial score (nSPS) is 14.3. The van der Waals surface area contributed by atoms with E-state index < -0.39 is 5.60 Å². The maximum atomic E-state index is 10.2. The highest BCUT2D eigenvalue weighted by molar-refractivity contribution is 5.28. The molecule has 0 fully saturated rings. The van der Waals surface area contributed by atoms with Crippen LogP contribution in [0.15, 0.2) is 24.3 Å². The molecule has 0 spiro atoms. The molecule has 0 heterocycles. The van der Waals surface area contributed by atoms with Crippen LogP contribution in [0.25, 0.3) is 0 Å². The van der Waals surface area contributed by atoms with Gasteiger partial charge in [-0.05, 0) is 30.5 Å². The molecule has 0 saturated carbocycles. The number of hydrogen-bond acceptors (Lipinski definition) is 4. The topological polar surface area (TPSA) is 50.7 Å². The van der Waals surface area contributed by atoms with Crippen molar-refractivity contribution < 1.29 is 14.6 Å². The van der Waals surface area contributed by atoms with Gasteiger partial charge in [-0.25, -0.2) is 0 Å². The molecule has 1 aromatic rings. The van der Waals surface area contributed by atoms with E-state index >= 15 is 0 Å². The summed E-state index contributed by atoms with van der Waals surface area (Å²) in [6, 6.07) is 7.92. The van der Waals surface area contributed by atoms with Gasteiger partial charge in [0.2, 0.25) is 0 Å². The minimum Gasteiger partial charge on any atom is -0.491 e. The highest BCUT2D eigenvalue weighted by atomic mass is 16.5. The fourth-order valence-electron chi connectivity index (χ4n) is 1.55. The van der Waals surface area contributed by atoms with E-state index in [9.17, 15) is 5.11 Å². The Morgan fingerprint density at radius 3 is 2.75 bits per heavy atom.